The van der Waals surface area contributed by atoms with E-state index < -0.39 is 0 Å². The maximum Gasteiger partial charge on any atom is 0.0302 e. The molecule has 0 aliphatic heterocycles. The van der Waals surface area contributed by atoms with E-state index in [9.17, 15) is 0 Å². The SMILES string of the molecule is CC(C)C(C)NCc1cc2c(s1)CCC2. The zero-order chi connectivity index (χ0) is 10.8. The number of thiophene rings is 1. The van der Waals surface area contributed by atoms with E-state index in [1.807, 2.05) is 11.3 Å². The van der Waals surface area contributed by atoms with Crippen LogP contribution in [0.2, 0.25) is 0 Å². The van der Waals surface area contributed by atoms with Crippen LogP contribution in [0, 0.1) is 5.92 Å². The second kappa shape index (κ2) is 4.67. The molecule has 1 heterocycles. The van der Waals surface area contributed by atoms with Crippen LogP contribution in [-0.4, -0.2) is 6.04 Å². The van der Waals surface area contributed by atoms with E-state index in [-0.39, 0.29) is 0 Å². The summed E-state index contributed by atoms with van der Waals surface area (Å²) >= 11 is 2.01. The lowest BCUT2D eigenvalue weighted by Gasteiger charge is -2.16. The first-order valence-corrected chi connectivity index (χ1v) is 6.82. The molecule has 0 aromatic carbocycles. The summed E-state index contributed by atoms with van der Waals surface area (Å²) in [7, 11) is 0. The molecule has 1 atom stereocenters. The third kappa shape index (κ3) is 2.61. The number of rotatable bonds is 4. The molecule has 1 unspecified atom stereocenters. The molecule has 1 nitrogen and oxygen atoms in total. The van der Waals surface area contributed by atoms with Crippen molar-refractivity contribution in [3.63, 3.8) is 0 Å². The minimum absolute atomic E-state index is 0.613. The molecule has 2 heteroatoms. The Morgan fingerprint density at radius 1 is 1.33 bits per heavy atom. The fraction of sp³-hybridized carbons (Fsp3) is 0.692. The highest BCUT2D eigenvalue weighted by Gasteiger charge is 2.15. The molecule has 0 bridgehead atoms. The van der Waals surface area contributed by atoms with Crippen molar-refractivity contribution in [3.8, 4) is 0 Å². The standard InChI is InChI=1S/C13H21NS/c1-9(2)10(3)14-8-12-7-11-5-4-6-13(11)15-12/h7,9-10,14H,4-6,8H2,1-3H3. The van der Waals surface area contributed by atoms with Crippen LogP contribution in [-0.2, 0) is 19.4 Å². The summed E-state index contributed by atoms with van der Waals surface area (Å²) in [6.07, 6.45) is 4.00. The lowest BCUT2D eigenvalue weighted by atomic mass is 10.1. The van der Waals surface area contributed by atoms with Gasteiger partial charge in [-0.15, -0.1) is 11.3 Å². The van der Waals surface area contributed by atoms with Crippen molar-refractivity contribution >= 4 is 11.3 Å². The molecule has 1 aliphatic rings. The van der Waals surface area contributed by atoms with Crippen LogP contribution in [0.3, 0.4) is 0 Å². The minimum Gasteiger partial charge on any atom is -0.309 e. The molecule has 84 valence electrons. The highest BCUT2D eigenvalue weighted by molar-refractivity contribution is 7.12. The molecule has 0 fully saturated rings. The molecular weight excluding hydrogens is 202 g/mol. The quantitative estimate of drug-likeness (QED) is 0.825. The van der Waals surface area contributed by atoms with E-state index in [1.54, 1.807) is 10.4 Å². The molecule has 1 N–H and O–H groups in total. The van der Waals surface area contributed by atoms with Gasteiger partial charge in [-0.2, -0.15) is 0 Å². The third-order valence-corrected chi connectivity index (χ3v) is 4.63. The zero-order valence-corrected chi connectivity index (χ0v) is 10.8. The van der Waals surface area contributed by atoms with Gasteiger partial charge >= 0.3 is 0 Å². The molecule has 2 rings (SSSR count). The van der Waals surface area contributed by atoms with Gasteiger partial charge in [0, 0.05) is 22.3 Å². The summed E-state index contributed by atoms with van der Waals surface area (Å²) in [6, 6.07) is 3.02. The Bertz CT molecular complexity index is 306. The van der Waals surface area contributed by atoms with E-state index >= 15 is 0 Å². The van der Waals surface area contributed by atoms with E-state index in [0.717, 1.165) is 12.5 Å². The Kier molecular flexibility index (Phi) is 3.47. The normalized spacial score (nSPS) is 17.1. The van der Waals surface area contributed by atoms with Gasteiger partial charge in [0.1, 0.15) is 0 Å². The molecule has 0 saturated heterocycles. The van der Waals surface area contributed by atoms with Gasteiger partial charge in [-0.05, 0) is 43.7 Å². The molecule has 1 aliphatic carbocycles. The average molecular weight is 223 g/mol. The van der Waals surface area contributed by atoms with Crippen molar-refractivity contribution in [1.29, 1.82) is 0 Å². The Labute approximate surface area is 96.9 Å². The zero-order valence-electron chi connectivity index (χ0n) is 9.97. The maximum absolute atomic E-state index is 3.60. The lowest BCUT2D eigenvalue weighted by Crippen LogP contribution is -2.29. The van der Waals surface area contributed by atoms with E-state index in [4.69, 9.17) is 0 Å². The second-order valence-corrected chi connectivity index (χ2v) is 6.15. The average Bonchev–Trinajstić information content (AvgIpc) is 2.72. The first kappa shape index (κ1) is 11.2. The monoisotopic (exact) mass is 223 g/mol. The van der Waals surface area contributed by atoms with Crippen molar-refractivity contribution in [2.24, 2.45) is 5.92 Å². The summed E-state index contributed by atoms with van der Waals surface area (Å²) in [5, 5.41) is 3.60. The van der Waals surface area contributed by atoms with Crippen molar-refractivity contribution in [1.82, 2.24) is 5.32 Å². The Balaban J connectivity index is 1.89. The van der Waals surface area contributed by atoms with E-state index in [0.29, 0.717) is 6.04 Å². The predicted molar refractivity (Wildman–Crippen MR) is 67.5 cm³/mol. The van der Waals surface area contributed by atoms with Crippen LogP contribution in [0.5, 0.6) is 0 Å². The van der Waals surface area contributed by atoms with Crippen LogP contribution in [0.4, 0.5) is 0 Å². The van der Waals surface area contributed by atoms with E-state index in [2.05, 4.69) is 32.2 Å². The van der Waals surface area contributed by atoms with Crippen LogP contribution in [0.1, 0.15) is 42.5 Å². The molecule has 1 aromatic heterocycles. The fourth-order valence-corrected chi connectivity index (χ4v) is 3.19. The van der Waals surface area contributed by atoms with Gasteiger partial charge in [-0.3, -0.25) is 0 Å². The highest BCUT2D eigenvalue weighted by Crippen LogP contribution is 2.30. The van der Waals surface area contributed by atoms with Gasteiger partial charge in [-0.25, -0.2) is 0 Å². The maximum atomic E-state index is 3.60. The summed E-state index contributed by atoms with van der Waals surface area (Å²) in [5.41, 5.74) is 1.62. The number of aryl methyl sites for hydroxylation is 2. The Hall–Kier alpha value is -0.340. The Morgan fingerprint density at radius 2 is 2.13 bits per heavy atom. The number of nitrogens with one attached hydrogen (secondary N) is 1. The Morgan fingerprint density at radius 3 is 2.80 bits per heavy atom. The van der Waals surface area contributed by atoms with Crippen LogP contribution in [0.15, 0.2) is 6.07 Å². The number of hydrogen-bond donors (Lipinski definition) is 1. The van der Waals surface area contributed by atoms with Crippen LogP contribution >= 0.6 is 11.3 Å². The van der Waals surface area contributed by atoms with Crippen LogP contribution in [0.25, 0.3) is 0 Å². The largest absolute Gasteiger partial charge is 0.309 e. The molecule has 0 radical (unpaired) electrons. The van der Waals surface area contributed by atoms with Gasteiger partial charge in [0.05, 0.1) is 0 Å². The van der Waals surface area contributed by atoms with Crippen molar-refractivity contribution < 1.29 is 0 Å². The summed E-state index contributed by atoms with van der Waals surface area (Å²) in [6.45, 7) is 7.86. The smallest absolute Gasteiger partial charge is 0.0302 e. The highest BCUT2D eigenvalue weighted by atomic mass is 32.1. The summed E-state index contributed by atoms with van der Waals surface area (Å²) in [5.74, 6) is 0.719. The summed E-state index contributed by atoms with van der Waals surface area (Å²) in [4.78, 5) is 3.16. The van der Waals surface area contributed by atoms with Crippen molar-refractivity contribution in [2.45, 2.75) is 52.6 Å². The molecule has 0 spiro atoms. The van der Waals surface area contributed by atoms with Crippen LogP contribution < -0.4 is 5.32 Å². The van der Waals surface area contributed by atoms with Gasteiger partial charge in [0.2, 0.25) is 0 Å². The molecule has 0 amide bonds. The predicted octanol–water partition coefficient (Wildman–Crippen LogP) is 3.37. The second-order valence-electron chi connectivity index (χ2n) is 4.93. The van der Waals surface area contributed by atoms with Gasteiger partial charge in [0.15, 0.2) is 0 Å². The fourth-order valence-electron chi connectivity index (χ4n) is 1.98. The van der Waals surface area contributed by atoms with Gasteiger partial charge < -0.3 is 5.32 Å². The van der Waals surface area contributed by atoms with Crippen molar-refractivity contribution in [2.75, 3.05) is 0 Å². The van der Waals surface area contributed by atoms with E-state index in [1.165, 1.54) is 24.1 Å². The van der Waals surface area contributed by atoms with Gasteiger partial charge in [-0.1, -0.05) is 13.8 Å². The first-order valence-electron chi connectivity index (χ1n) is 6.00. The number of fused-ring (bicyclic) bond motifs is 1. The first-order chi connectivity index (χ1) is 7.16. The van der Waals surface area contributed by atoms with Crippen molar-refractivity contribution in [3.05, 3.63) is 21.4 Å². The lowest BCUT2D eigenvalue weighted by molar-refractivity contribution is 0.427. The molecule has 15 heavy (non-hydrogen) atoms. The molecule has 0 saturated carbocycles. The van der Waals surface area contributed by atoms with Gasteiger partial charge in [0.25, 0.3) is 0 Å². The minimum atomic E-state index is 0.613. The third-order valence-electron chi connectivity index (χ3n) is 3.40. The topological polar surface area (TPSA) is 12.0 Å². The number of hydrogen-bond acceptors (Lipinski definition) is 2. The molecular formula is C13H21NS. The summed E-state index contributed by atoms with van der Waals surface area (Å²) < 4.78 is 0. The molecule has 1 aromatic rings.